The smallest absolute Gasteiger partial charge is 0.310 e. The molecule has 0 aliphatic carbocycles. The summed E-state index contributed by atoms with van der Waals surface area (Å²) in [6.45, 7) is 6.50. The zero-order valence-electron chi connectivity index (χ0n) is 29.0. The van der Waals surface area contributed by atoms with Crippen LogP contribution in [0.2, 0.25) is 0 Å². The largest absolute Gasteiger partial charge is 0.481 e. The van der Waals surface area contributed by atoms with Crippen LogP contribution in [-0.4, -0.2) is 56.9 Å². The third-order valence-corrected chi connectivity index (χ3v) is 9.40. The molecular formula is C42H41FN4O4. The van der Waals surface area contributed by atoms with Crippen molar-refractivity contribution in [3.8, 4) is 33.6 Å². The summed E-state index contributed by atoms with van der Waals surface area (Å²) in [4.78, 5) is 48.5. The molecule has 0 saturated carbocycles. The number of nitrogens with zero attached hydrogens (tertiary/aromatic N) is 3. The molecule has 2 amide bonds. The predicted octanol–water partition coefficient (Wildman–Crippen LogP) is 7.58. The minimum Gasteiger partial charge on any atom is -0.481 e. The highest BCUT2D eigenvalue weighted by molar-refractivity contribution is 5.98. The van der Waals surface area contributed by atoms with Gasteiger partial charge in [0, 0.05) is 54.2 Å². The van der Waals surface area contributed by atoms with Crippen LogP contribution in [0.3, 0.4) is 0 Å². The molecular weight excluding hydrogens is 643 g/mol. The number of carbonyl (C=O) groups excluding carboxylic acids is 2. The summed E-state index contributed by atoms with van der Waals surface area (Å²) in [5.74, 6) is -1.84. The Morgan fingerprint density at radius 2 is 1.43 bits per heavy atom. The van der Waals surface area contributed by atoms with E-state index in [0.717, 1.165) is 40.7 Å². The van der Waals surface area contributed by atoms with E-state index in [1.807, 2.05) is 54.6 Å². The number of nitrogens with one attached hydrogen (secondary N) is 1. The summed E-state index contributed by atoms with van der Waals surface area (Å²) in [7, 11) is 0. The van der Waals surface area contributed by atoms with Gasteiger partial charge in [0.05, 0.1) is 5.92 Å². The van der Waals surface area contributed by atoms with Crippen LogP contribution in [0.5, 0.6) is 0 Å². The highest BCUT2D eigenvalue weighted by Crippen LogP contribution is 2.29. The van der Waals surface area contributed by atoms with E-state index in [1.165, 1.54) is 16.5 Å². The molecule has 4 aromatic carbocycles. The number of carboxylic acids is 1. The standard InChI is InChI=1S/C42H41FN4O4/c1-4-5-27-6-10-30(11-7-27)33-18-19-36(37(43)21-33)34-22-44-39(45-23-34)31-12-8-28(9-13-31)20-38(41(49)47-24-35(25-47)42(50)51)46-40(48)32-16-14-29(15-17-32)26(2)3/h6-19,21-23,26,35,38H,4-5,20,24-25H2,1-3H3,(H,46,48)(H,50,51)/t38-/m0/s1. The van der Waals surface area contributed by atoms with Crippen LogP contribution < -0.4 is 5.32 Å². The molecule has 0 bridgehead atoms. The number of benzene rings is 4. The number of halogens is 1. The molecule has 260 valence electrons. The van der Waals surface area contributed by atoms with Crippen molar-refractivity contribution in [2.45, 2.75) is 52.0 Å². The second-order valence-electron chi connectivity index (χ2n) is 13.4. The first kappa shape index (κ1) is 35.1. The van der Waals surface area contributed by atoms with Gasteiger partial charge in [0.1, 0.15) is 11.9 Å². The van der Waals surface area contributed by atoms with Crippen molar-refractivity contribution in [2.24, 2.45) is 5.92 Å². The molecule has 6 rings (SSSR count). The molecule has 0 spiro atoms. The summed E-state index contributed by atoms with van der Waals surface area (Å²) >= 11 is 0. The van der Waals surface area contributed by atoms with E-state index in [4.69, 9.17) is 0 Å². The van der Waals surface area contributed by atoms with Gasteiger partial charge in [-0.3, -0.25) is 14.4 Å². The first-order valence-corrected chi connectivity index (χ1v) is 17.3. The van der Waals surface area contributed by atoms with Crippen LogP contribution in [0.1, 0.15) is 60.2 Å². The Balaban J connectivity index is 1.14. The molecule has 5 aromatic rings. The van der Waals surface area contributed by atoms with E-state index < -0.39 is 17.9 Å². The molecule has 1 fully saturated rings. The Morgan fingerprint density at radius 3 is 2.02 bits per heavy atom. The van der Waals surface area contributed by atoms with Gasteiger partial charge in [0.2, 0.25) is 5.91 Å². The molecule has 1 aliphatic heterocycles. The number of aromatic nitrogens is 2. The third kappa shape index (κ3) is 8.20. The maximum atomic E-state index is 15.3. The lowest BCUT2D eigenvalue weighted by Gasteiger charge is -2.39. The second-order valence-corrected chi connectivity index (χ2v) is 13.4. The lowest BCUT2D eigenvalue weighted by atomic mass is 9.96. The normalized spacial score (nSPS) is 13.5. The molecule has 1 aliphatic rings. The van der Waals surface area contributed by atoms with Gasteiger partial charge < -0.3 is 15.3 Å². The monoisotopic (exact) mass is 684 g/mol. The Labute approximate surface area is 297 Å². The SMILES string of the molecule is CCCc1ccc(-c2ccc(-c3cnc(-c4ccc(C[C@H](NC(=O)c5ccc(C(C)C)cc5)C(=O)N5CC(C(=O)O)C5)cc4)nc3)c(F)c2)cc1. The van der Waals surface area contributed by atoms with E-state index in [0.29, 0.717) is 28.4 Å². The van der Waals surface area contributed by atoms with Crippen LogP contribution in [-0.2, 0) is 22.4 Å². The minimum atomic E-state index is -0.942. The highest BCUT2D eigenvalue weighted by atomic mass is 19.1. The predicted molar refractivity (Wildman–Crippen MR) is 195 cm³/mol. The van der Waals surface area contributed by atoms with Crippen LogP contribution >= 0.6 is 0 Å². The van der Waals surface area contributed by atoms with Crippen LogP contribution in [0.15, 0.2) is 103 Å². The van der Waals surface area contributed by atoms with Crippen molar-refractivity contribution in [3.63, 3.8) is 0 Å². The second kappa shape index (κ2) is 15.5. The molecule has 2 N–H and O–H groups in total. The Hall–Kier alpha value is -5.70. The quantitative estimate of drug-likeness (QED) is 0.140. The Morgan fingerprint density at radius 1 is 0.824 bits per heavy atom. The topological polar surface area (TPSA) is 112 Å². The van der Waals surface area contributed by atoms with Crippen LogP contribution in [0.4, 0.5) is 4.39 Å². The molecule has 1 saturated heterocycles. The van der Waals surface area contributed by atoms with E-state index in [-0.39, 0.29) is 37.1 Å². The Kier molecular flexibility index (Phi) is 10.7. The number of rotatable bonds is 12. The van der Waals surface area contributed by atoms with E-state index in [9.17, 15) is 19.5 Å². The third-order valence-electron chi connectivity index (χ3n) is 9.40. The van der Waals surface area contributed by atoms with Crippen molar-refractivity contribution in [1.29, 1.82) is 0 Å². The number of carbonyl (C=O) groups is 3. The fourth-order valence-electron chi connectivity index (χ4n) is 6.22. The van der Waals surface area contributed by atoms with Crippen molar-refractivity contribution in [2.75, 3.05) is 13.1 Å². The van der Waals surface area contributed by atoms with Gasteiger partial charge in [-0.25, -0.2) is 14.4 Å². The van der Waals surface area contributed by atoms with Crippen molar-refractivity contribution in [3.05, 3.63) is 131 Å². The van der Waals surface area contributed by atoms with Gasteiger partial charge in [-0.15, -0.1) is 0 Å². The average molecular weight is 685 g/mol. The molecule has 2 heterocycles. The van der Waals surface area contributed by atoms with Crippen molar-refractivity contribution in [1.82, 2.24) is 20.2 Å². The van der Waals surface area contributed by atoms with Gasteiger partial charge in [0.25, 0.3) is 5.91 Å². The zero-order chi connectivity index (χ0) is 36.1. The van der Waals surface area contributed by atoms with Gasteiger partial charge in [-0.1, -0.05) is 100.0 Å². The fourth-order valence-corrected chi connectivity index (χ4v) is 6.22. The summed E-state index contributed by atoms with van der Waals surface area (Å²) in [5, 5.41) is 12.2. The number of hydrogen-bond donors (Lipinski definition) is 2. The number of aryl methyl sites for hydroxylation is 1. The summed E-state index contributed by atoms with van der Waals surface area (Å²) in [6.07, 6.45) is 5.50. The van der Waals surface area contributed by atoms with E-state index in [1.54, 1.807) is 30.6 Å². The van der Waals surface area contributed by atoms with Gasteiger partial charge in [-0.05, 0) is 58.4 Å². The minimum absolute atomic E-state index is 0.108. The molecule has 51 heavy (non-hydrogen) atoms. The summed E-state index contributed by atoms with van der Waals surface area (Å²) in [6, 6.07) is 27.1. The average Bonchev–Trinajstić information content (AvgIpc) is 3.11. The molecule has 0 unspecified atom stereocenters. The van der Waals surface area contributed by atoms with Gasteiger partial charge in [-0.2, -0.15) is 0 Å². The van der Waals surface area contributed by atoms with Gasteiger partial charge >= 0.3 is 5.97 Å². The molecule has 1 atom stereocenters. The number of likely N-dealkylation sites (tertiary alicyclic amines) is 1. The summed E-state index contributed by atoms with van der Waals surface area (Å²) < 4.78 is 15.3. The maximum Gasteiger partial charge on any atom is 0.310 e. The molecule has 9 heteroatoms. The highest BCUT2D eigenvalue weighted by Gasteiger charge is 2.38. The first-order chi connectivity index (χ1) is 24.6. The van der Waals surface area contributed by atoms with Crippen LogP contribution in [0, 0.1) is 11.7 Å². The molecule has 8 nitrogen and oxygen atoms in total. The van der Waals surface area contributed by atoms with E-state index >= 15 is 4.39 Å². The Bertz CT molecular complexity index is 2010. The summed E-state index contributed by atoms with van der Waals surface area (Å²) in [5.41, 5.74) is 7.05. The number of aliphatic carboxylic acids is 1. The number of carboxylic acid groups (broad SMARTS) is 1. The van der Waals surface area contributed by atoms with Gasteiger partial charge in [0.15, 0.2) is 5.82 Å². The fraction of sp³-hybridized carbons (Fsp3) is 0.262. The first-order valence-electron chi connectivity index (χ1n) is 17.3. The number of amides is 2. The lowest BCUT2D eigenvalue weighted by molar-refractivity contribution is -0.153. The van der Waals surface area contributed by atoms with Crippen molar-refractivity contribution < 1.29 is 23.9 Å². The lowest BCUT2D eigenvalue weighted by Crippen LogP contribution is -2.59. The maximum absolute atomic E-state index is 15.3. The van der Waals surface area contributed by atoms with E-state index in [2.05, 4.69) is 48.2 Å². The number of hydrogen-bond acceptors (Lipinski definition) is 5. The van der Waals surface area contributed by atoms with Crippen LogP contribution in [0.25, 0.3) is 33.6 Å². The van der Waals surface area contributed by atoms with Crippen molar-refractivity contribution >= 4 is 17.8 Å². The molecule has 1 aromatic heterocycles. The molecule has 0 radical (unpaired) electrons. The zero-order valence-corrected chi connectivity index (χ0v) is 29.0.